The molecule has 17 heavy (non-hydrogen) atoms. The van der Waals surface area contributed by atoms with Gasteiger partial charge in [0, 0.05) is 11.3 Å². The largest absolute Gasteiger partial charge is 0.306 e. The summed E-state index contributed by atoms with van der Waals surface area (Å²) in [6.07, 6.45) is 6.56. The Bertz CT molecular complexity index is 430. The van der Waals surface area contributed by atoms with Gasteiger partial charge in [0.25, 0.3) is 0 Å². The highest BCUT2D eigenvalue weighted by molar-refractivity contribution is 5.75. The molecule has 0 spiro atoms. The molecule has 3 rings (SSSR count). The van der Waals surface area contributed by atoms with Gasteiger partial charge in [-0.15, -0.1) is 0 Å². The van der Waals surface area contributed by atoms with E-state index in [0.717, 1.165) is 45.1 Å². The van der Waals surface area contributed by atoms with E-state index in [0.29, 0.717) is 11.7 Å². The smallest absolute Gasteiger partial charge is 0.170 e. The fourth-order valence-corrected chi connectivity index (χ4v) is 3.13. The second-order valence-corrected chi connectivity index (χ2v) is 5.26. The van der Waals surface area contributed by atoms with Crippen molar-refractivity contribution >= 4 is 6.29 Å². The molecule has 92 valence electrons. The lowest BCUT2D eigenvalue weighted by Gasteiger charge is -2.30. The summed E-state index contributed by atoms with van der Waals surface area (Å²) in [5.74, 6) is 0. The van der Waals surface area contributed by atoms with E-state index in [1.54, 1.807) is 0 Å². The molecule has 2 heterocycles. The van der Waals surface area contributed by atoms with Gasteiger partial charge in [-0.2, -0.15) is 5.10 Å². The van der Waals surface area contributed by atoms with Crippen LogP contribution in [0.15, 0.2) is 0 Å². The minimum atomic E-state index is 0.506. The monoisotopic (exact) mass is 233 g/mol. The number of likely N-dealkylation sites (tertiary alicyclic amines) is 1. The van der Waals surface area contributed by atoms with Gasteiger partial charge in [0.1, 0.15) is 5.69 Å². The fraction of sp³-hybridized carbons (Fsp3) is 0.692. The van der Waals surface area contributed by atoms with Gasteiger partial charge in [0.15, 0.2) is 6.29 Å². The summed E-state index contributed by atoms with van der Waals surface area (Å²) in [6.45, 7) is 2.27. The molecule has 0 bridgehead atoms. The molecular formula is C13H19N3O. The van der Waals surface area contributed by atoms with Crippen LogP contribution in [0, 0.1) is 0 Å². The Labute approximate surface area is 102 Å². The van der Waals surface area contributed by atoms with Crippen LogP contribution in [0.2, 0.25) is 0 Å². The Morgan fingerprint density at radius 1 is 1.29 bits per heavy atom. The molecule has 4 heteroatoms. The van der Waals surface area contributed by atoms with Gasteiger partial charge in [-0.25, -0.2) is 0 Å². The number of aromatic nitrogens is 2. The van der Waals surface area contributed by atoms with Crippen LogP contribution < -0.4 is 0 Å². The molecule has 1 aliphatic carbocycles. The topological polar surface area (TPSA) is 38.1 Å². The highest BCUT2D eigenvalue weighted by atomic mass is 16.1. The first-order chi connectivity index (χ1) is 8.29. The number of fused-ring (bicyclic) bond motifs is 1. The molecule has 4 nitrogen and oxygen atoms in total. The van der Waals surface area contributed by atoms with Crippen molar-refractivity contribution in [3.8, 4) is 0 Å². The molecular weight excluding hydrogens is 214 g/mol. The molecule has 2 aliphatic rings. The highest BCUT2D eigenvalue weighted by Gasteiger charge is 2.27. The van der Waals surface area contributed by atoms with Gasteiger partial charge < -0.3 is 4.90 Å². The number of carbonyl (C=O) groups is 1. The summed E-state index contributed by atoms with van der Waals surface area (Å²) < 4.78 is 2.17. The zero-order valence-electron chi connectivity index (χ0n) is 10.4. The summed E-state index contributed by atoms with van der Waals surface area (Å²) in [5, 5.41) is 4.53. The summed E-state index contributed by atoms with van der Waals surface area (Å²) in [5.41, 5.74) is 3.25. The minimum Gasteiger partial charge on any atom is -0.306 e. The molecule has 0 amide bonds. The predicted molar refractivity (Wildman–Crippen MR) is 65.4 cm³/mol. The van der Waals surface area contributed by atoms with Crippen LogP contribution in [-0.4, -0.2) is 41.1 Å². The lowest BCUT2D eigenvalue weighted by atomic mass is 10.1. The molecule has 0 atom stereocenters. The summed E-state index contributed by atoms with van der Waals surface area (Å²) in [6, 6.07) is 0.506. The third-order valence-electron chi connectivity index (χ3n) is 4.14. The van der Waals surface area contributed by atoms with Crippen molar-refractivity contribution in [3.63, 3.8) is 0 Å². The van der Waals surface area contributed by atoms with E-state index in [-0.39, 0.29) is 0 Å². The predicted octanol–water partition coefficient (Wildman–Crippen LogP) is 1.45. The Balaban J connectivity index is 1.90. The second-order valence-electron chi connectivity index (χ2n) is 5.26. The molecule has 0 aromatic carbocycles. The number of hydrogen-bond acceptors (Lipinski definition) is 3. The van der Waals surface area contributed by atoms with Crippen molar-refractivity contribution in [1.29, 1.82) is 0 Å². The highest BCUT2D eigenvalue weighted by Crippen LogP contribution is 2.30. The third-order valence-corrected chi connectivity index (χ3v) is 4.14. The molecule has 0 unspecified atom stereocenters. The molecule has 1 fully saturated rings. The lowest BCUT2D eigenvalue weighted by molar-refractivity contribution is 0.111. The van der Waals surface area contributed by atoms with Crippen molar-refractivity contribution in [2.45, 2.75) is 38.1 Å². The van der Waals surface area contributed by atoms with E-state index in [9.17, 15) is 4.79 Å². The first kappa shape index (κ1) is 11.0. The Morgan fingerprint density at radius 2 is 2.06 bits per heavy atom. The maximum Gasteiger partial charge on any atom is 0.170 e. The zero-order chi connectivity index (χ0) is 11.8. The maximum atomic E-state index is 11.0. The molecule has 1 aliphatic heterocycles. The molecule has 1 aromatic heterocycles. The van der Waals surface area contributed by atoms with Gasteiger partial charge in [-0.1, -0.05) is 0 Å². The van der Waals surface area contributed by atoms with E-state index in [2.05, 4.69) is 21.7 Å². The van der Waals surface area contributed by atoms with Crippen LogP contribution in [0.25, 0.3) is 0 Å². The van der Waals surface area contributed by atoms with Gasteiger partial charge in [0.2, 0.25) is 0 Å². The SMILES string of the molecule is CN1CCC(n2nc(C=O)c3c2CCC3)CC1. The normalized spacial score (nSPS) is 21.7. The van der Waals surface area contributed by atoms with E-state index in [4.69, 9.17) is 0 Å². The summed E-state index contributed by atoms with van der Waals surface area (Å²) in [4.78, 5) is 13.4. The van der Waals surface area contributed by atoms with Gasteiger partial charge in [0.05, 0.1) is 6.04 Å². The third kappa shape index (κ3) is 1.80. The first-order valence-corrected chi connectivity index (χ1v) is 6.53. The average molecular weight is 233 g/mol. The van der Waals surface area contributed by atoms with Crippen molar-refractivity contribution in [2.75, 3.05) is 20.1 Å². The number of rotatable bonds is 2. The number of carbonyl (C=O) groups excluding carboxylic acids is 1. The Morgan fingerprint density at radius 3 is 2.76 bits per heavy atom. The van der Waals surface area contributed by atoms with Crippen LogP contribution in [0.1, 0.15) is 47.1 Å². The molecule has 1 saturated heterocycles. The minimum absolute atomic E-state index is 0.506. The van der Waals surface area contributed by atoms with E-state index in [1.807, 2.05) is 0 Å². The van der Waals surface area contributed by atoms with Gasteiger partial charge >= 0.3 is 0 Å². The molecule has 1 aromatic rings. The van der Waals surface area contributed by atoms with Crippen molar-refractivity contribution in [1.82, 2.24) is 14.7 Å². The zero-order valence-corrected chi connectivity index (χ0v) is 10.4. The van der Waals surface area contributed by atoms with Crippen LogP contribution >= 0.6 is 0 Å². The van der Waals surface area contributed by atoms with Crippen molar-refractivity contribution in [3.05, 3.63) is 17.0 Å². The standard InChI is InChI=1S/C13H19N3O/c1-15-7-5-10(6-8-15)16-13-4-2-3-11(13)12(9-17)14-16/h9-10H,2-8H2,1H3. The lowest BCUT2D eigenvalue weighted by Crippen LogP contribution is -2.32. The fourth-order valence-electron chi connectivity index (χ4n) is 3.13. The van der Waals surface area contributed by atoms with E-state index in [1.165, 1.54) is 17.7 Å². The second kappa shape index (κ2) is 4.26. The van der Waals surface area contributed by atoms with Crippen LogP contribution in [-0.2, 0) is 12.8 Å². The maximum absolute atomic E-state index is 11.0. The average Bonchev–Trinajstić information content (AvgIpc) is 2.91. The quantitative estimate of drug-likeness (QED) is 0.726. The van der Waals surface area contributed by atoms with Crippen molar-refractivity contribution < 1.29 is 4.79 Å². The van der Waals surface area contributed by atoms with Crippen LogP contribution in [0.3, 0.4) is 0 Å². The number of piperidine rings is 1. The Kier molecular flexibility index (Phi) is 2.74. The molecule has 0 saturated carbocycles. The van der Waals surface area contributed by atoms with Crippen LogP contribution in [0.5, 0.6) is 0 Å². The van der Waals surface area contributed by atoms with Crippen LogP contribution in [0.4, 0.5) is 0 Å². The Hall–Kier alpha value is -1.16. The van der Waals surface area contributed by atoms with Gasteiger partial charge in [-0.3, -0.25) is 9.48 Å². The number of aldehydes is 1. The number of nitrogens with zero attached hydrogens (tertiary/aromatic N) is 3. The molecule has 0 radical (unpaired) electrons. The van der Waals surface area contributed by atoms with Gasteiger partial charge in [-0.05, 0) is 52.2 Å². The summed E-state index contributed by atoms with van der Waals surface area (Å²) in [7, 11) is 2.17. The molecule has 0 N–H and O–H groups in total. The summed E-state index contributed by atoms with van der Waals surface area (Å²) >= 11 is 0. The van der Waals surface area contributed by atoms with E-state index < -0.39 is 0 Å². The first-order valence-electron chi connectivity index (χ1n) is 6.53. The number of hydrogen-bond donors (Lipinski definition) is 0. The van der Waals surface area contributed by atoms with E-state index >= 15 is 0 Å². The van der Waals surface area contributed by atoms with Crippen molar-refractivity contribution in [2.24, 2.45) is 0 Å².